The van der Waals surface area contributed by atoms with Crippen LogP contribution in [0.2, 0.25) is 5.15 Å². The van der Waals surface area contributed by atoms with E-state index < -0.39 is 5.72 Å². The zero-order chi connectivity index (χ0) is 12.3. The van der Waals surface area contributed by atoms with E-state index in [1.54, 1.807) is 6.20 Å². The van der Waals surface area contributed by atoms with Gasteiger partial charge in [-0.3, -0.25) is 9.88 Å². The molecule has 0 radical (unpaired) electrons. The maximum atomic E-state index is 10.8. The number of aliphatic hydroxyl groups is 1. The molecule has 0 saturated carbocycles. The summed E-state index contributed by atoms with van der Waals surface area (Å²) in [5.41, 5.74) is -0.547. The van der Waals surface area contributed by atoms with E-state index in [1.165, 1.54) is 6.20 Å². The summed E-state index contributed by atoms with van der Waals surface area (Å²) in [5.74, 6) is 0. The highest BCUT2D eigenvalue weighted by Gasteiger charge is 2.36. The molecule has 0 aliphatic carbocycles. The first-order chi connectivity index (χ1) is 8.16. The molecule has 1 aliphatic rings. The first kappa shape index (κ1) is 12.7. The van der Waals surface area contributed by atoms with Crippen LogP contribution in [0.15, 0.2) is 12.4 Å². The quantitative estimate of drug-likeness (QED) is 0.829. The number of hydrogen-bond donors (Lipinski definition) is 2. The molecule has 2 heterocycles. The summed E-state index contributed by atoms with van der Waals surface area (Å²) in [6, 6.07) is 0. The van der Waals surface area contributed by atoms with Crippen molar-refractivity contribution in [2.75, 3.05) is 26.2 Å². The summed E-state index contributed by atoms with van der Waals surface area (Å²) in [7, 11) is 0. The van der Waals surface area contributed by atoms with Gasteiger partial charge in [0.1, 0.15) is 10.8 Å². The fraction of sp³-hybridized carbons (Fsp3) is 0.636. The van der Waals surface area contributed by atoms with Crippen LogP contribution in [0.25, 0.3) is 0 Å². The van der Waals surface area contributed by atoms with Crippen molar-refractivity contribution in [3.05, 3.63) is 23.2 Å². The van der Waals surface area contributed by atoms with Crippen molar-refractivity contribution < 1.29 is 5.11 Å². The third-order valence-electron chi connectivity index (χ3n) is 3.15. The van der Waals surface area contributed by atoms with E-state index in [0.29, 0.717) is 17.3 Å². The fourth-order valence-electron chi connectivity index (χ4n) is 2.14. The van der Waals surface area contributed by atoms with Gasteiger partial charge in [0.05, 0.1) is 12.4 Å². The second-order valence-electron chi connectivity index (χ2n) is 4.13. The van der Waals surface area contributed by atoms with Crippen molar-refractivity contribution >= 4 is 11.6 Å². The minimum atomic E-state index is -1.07. The zero-order valence-electron chi connectivity index (χ0n) is 9.86. The van der Waals surface area contributed by atoms with Crippen LogP contribution < -0.4 is 5.32 Å². The molecule has 94 valence electrons. The van der Waals surface area contributed by atoms with Crippen molar-refractivity contribution in [3.63, 3.8) is 0 Å². The van der Waals surface area contributed by atoms with Gasteiger partial charge in [-0.1, -0.05) is 18.5 Å². The lowest BCUT2D eigenvalue weighted by Gasteiger charge is -2.40. The summed E-state index contributed by atoms with van der Waals surface area (Å²) in [4.78, 5) is 10.2. The van der Waals surface area contributed by atoms with E-state index in [2.05, 4.69) is 15.3 Å². The molecule has 1 atom stereocenters. The Morgan fingerprint density at radius 1 is 1.47 bits per heavy atom. The van der Waals surface area contributed by atoms with Gasteiger partial charge in [-0.05, 0) is 6.42 Å². The van der Waals surface area contributed by atoms with Crippen LogP contribution in [-0.4, -0.2) is 46.2 Å². The van der Waals surface area contributed by atoms with Crippen LogP contribution in [-0.2, 0) is 5.72 Å². The number of rotatable bonds is 3. The molecule has 0 aromatic carbocycles. The standard InChI is InChI=1S/C11H17ClN4O/c1-2-11(17,16-5-3-13-4-6-16)9-7-14-8-10(12)15-9/h7-8,13,17H,2-6H2,1H3. The fourth-order valence-corrected chi connectivity index (χ4v) is 2.28. The van der Waals surface area contributed by atoms with Crippen LogP contribution in [0.1, 0.15) is 19.0 Å². The van der Waals surface area contributed by atoms with Crippen LogP contribution >= 0.6 is 11.6 Å². The molecule has 1 aromatic rings. The van der Waals surface area contributed by atoms with Gasteiger partial charge < -0.3 is 10.4 Å². The van der Waals surface area contributed by atoms with E-state index in [-0.39, 0.29) is 0 Å². The van der Waals surface area contributed by atoms with Crippen molar-refractivity contribution in [2.24, 2.45) is 0 Å². The first-order valence-electron chi connectivity index (χ1n) is 5.83. The van der Waals surface area contributed by atoms with E-state index in [1.807, 2.05) is 11.8 Å². The molecule has 1 fully saturated rings. The second kappa shape index (κ2) is 5.27. The van der Waals surface area contributed by atoms with Crippen molar-refractivity contribution in [2.45, 2.75) is 19.1 Å². The minimum Gasteiger partial charge on any atom is -0.370 e. The third kappa shape index (κ3) is 2.57. The van der Waals surface area contributed by atoms with Crippen LogP contribution in [0, 0.1) is 0 Å². The van der Waals surface area contributed by atoms with E-state index in [0.717, 1.165) is 26.2 Å². The largest absolute Gasteiger partial charge is 0.370 e. The highest BCUT2D eigenvalue weighted by molar-refractivity contribution is 6.29. The Hall–Kier alpha value is -0.750. The monoisotopic (exact) mass is 256 g/mol. The smallest absolute Gasteiger partial charge is 0.163 e. The molecule has 0 bridgehead atoms. The molecule has 2 N–H and O–H groups in total. The van der Waals surface area contributed by atoms with Crippen LogP contribution in [0.3, 0.4) is 0 Å². The summed E-state index contributed by atoms with van der Waals surface area (Å²) >= 11 is 5.83. The van der Waals surface area contributed by atoms with Gasteiger partial charge >= 0.3 is 0 Å². The Morgan fingerprint density at radius 3 is 2.76 bits per heavy atom. The number of nitrogens with one attached hydrogen (secondary N) is 1. The van der Waals surface area contributed by atoms with E-state index >= 15 is 0 Å². The highest BCUT2D eigenvalue weighted by atomic mass is 35.5. The number of piperazine rings is 1. The average Bonchev–Trinajstić information content (AvgIpc) is 2.39. The normalized spacial score (nSPS) is 21.1. The Balaban J connectivity index is 2.29. The lowest BCUT2D eigenvalue weighted by atomic mass is 10.0. The molecular formula is C11H17ClN4O. The topological polar surface area (TPSA) is 61.3 Å². The summed E-state index contributed by atoms with van der Waals surface area (Å²) in [6.07, 6.45) is 3.61. The average molecular weight is 257 g/mol. The number of hydrogen-bond acceptors (Lipinski definition) is 5. The predicted octanol–water partition coefficient (Wildman–Crippen LogP) is 0.590. The molecule has 5 nitrogen and oxygen atoms in total. The predicted molar refractivity (Wildman–Crippen MR) is 65.7 cm³/mol. The molecule has 1 aromatic heterocycles. The summed E-state index contributed by atoms with van der Waals surface area (Å²) in [5, 5.41) is 14.3. The van der Waals surface area contributed by atoms with Crippen LogP contribution in [0.4, 0.5) is 0 Å². The van der Waals surface area contributed by atoms with Gasteiger partial charge in [0.25, 0.3) is 0 Å². The van der Waals surface area contributed by atoms with Gasteiger partial charge in [0, 0.05) is 26.2 Å². The van der Waals surface area contributed by atoms with Gasteiger partial charge in [-0.15, -0.1) is 0 Å². The molecule has 1 saturated heterocycles. The van der Waals surface area contributed by atoms with Crippen molar-refractivity contribution in [3.8, 4) is 0 Å². The van der Waals surface area contributed by atoms with Gasteiger partial charge in [0.15, 0.2) is 5.72 Å². The van der Waals surface area contributed by atoms with Crippen molar-refractivity contribution in [1.29, 1.82) is 0 Å². The second-order valence-corrected chi connectivity index (χ2v) is 4.52. The Bertz CT molecular complexity index is 383. The lowest BCUT2D eigenvalue weighted by Crippen LogP contribution is -2.54. The van der Waals surface area contributed by atoms with Gasteiger partial charge in [-0.25, -0.2) is 4.98 Å². The Kier molecular flexibility index (Phi) is 3.93. The molecule has 2 rings (SSSR count). The number of nitrogens with zero attached hydrogens (tertiary/aromatic N) is 3. The first-order valence-corrected chi connectivity index (χ1v) is 6.21. The third-order valence-corrected chi connectivity index (χ3v) is 3.33. The van der Waals surface area contributed by atoms with E-state index in [9.17, 15) is 5.11 Å². The lowest BCUT2D eigenvalue weighted by molar-refractivity contribution is -0.126. The highest BCUT2D eigenvalue weighted by Crippen LogP contribution is 2.28. The summed E-state index contributed by atoms with van der Waals surface area (Å²) in [6.45, 7) is 5.26. The molecule has 6 heteroatoms. The Labute approximate surface area is 106 Å². The maximum Gasteiger partial charge on any atom is 0.163 e. The molecular weight excluding hydrogens is 240 g/mol. The van der Waals surface area contributed by atoms with Gasteiger partial charge in [0.2, 0.25) is 0 Å². The molecule has 0 spiro atoms. The molecule has 17 heavy (non-hydrogen) atoms. The minimum absolute atomic E-state index is 0.310. The Morgan fingerprint density at radius 2 is 2.18 bits per heavy atom. The van der Waals surface area contributed by atoms with Gasteiger partial charge in [-0.2, -0.15) is 0 Å². The molecule has 1 unspecified atom stereocenters. The van der Waals surface area contributed by atoms with E-state index in [4.69, 9.17) is 11.6 Å². The maximum absolute atomic E-state index is 10.8. The summed E-state index contributed by atoms with van der Waals surface area (Å²) < 4.78 is 0. The number of aromatic nitrogens is 2. The van der Waals surface area contributed by atoms with Crippen molar-refractivity contribution in [1.82, 2.24) is 20.2 Å². The number of halogens is 1. The SMILES string of the molecule is CCC(O)(c1cncc(Cl)n1)N1CCNCC1. The van der Waals surface area contributed by atoms with Crippen LogP contribution in [0.5, 0.6) is 0 Å². The molecule has 1 aliphatic heterocycles. The molecule has 0 amide bonds. The zero-order valence-corrected chi connectivity index (χ0v) is 10.6.